The largest absolute Gasteiger partial charge is 0.497 e. The Morgan fingerprint density at radius 2 is 1.63 bits per heavy atom. The van der Waals surface area contributed by atoms with Gasteiger partial charge in [-0.3, -0.25) is 4.90 Å². The standard InChI is InChI=1S/C23H30N6O/c1-18(2)22(23-24-25-26-29(23)17-19-7-5-4-6-8-19)28-15-13-27(14-16-28)20-9-11-21(30-3)12-10-20/h4-12,18,22H,13-17H2,1-3H3/t22-/m1/s1. The van der Waals surface area contributed by atoms with Gasteiger partial charge in [-0.25, -0.2) is 4.68 Å². The Morgan fingerprint density at radius 3 is 2.27 bits per heavy atom. The lowest BCUT2D eigenvalue weighted by Crippen LogP contribution is -2.49. The molecule has 1 aromatic heterocycles. The Morgan fingerprint density at radius 1 is 0.933 bits per heavy atom. The second-order valence-electron chi connectivity index (χ2n) is 8.09. The molecule has 1 saturated heterocycles. The van der Waals surface area contributed by atoms with Gasteiger partial charge in [0.05, 0.1) is 19.7 Å². The van der Waals surface area contributed by atoms with Crippen molar-refractivity contribution in [3.05, 3.63) is 66.0 Å². The minimum Gasteiger partial charge on any atom is -0.497 e. The van der Waals surface area contributed by atoms with Gasteiger partial charge in [0, 0.05) is 31.9 Å². The molecule has 4 rings (SSSR count). The van der Waals surface area contributed by atoms with E-state index in [1.54, 1.807) is 7.11 Å². The van der Waals surface area contributed by atoms with Crippen molar-refractivity contribution in [2.45, 2.75) is 26.4 Å². The Bertz CT molecular complexity index is 916. The molecule has 0 N–H and O–H groups in total. The normalized spacial score (nSPS) is 16.1. The van der Waals surface area contributed by atoms with Gasteiger partial charge in [-0.15, -0.1) is 5.10 Å². The maximum absolute atomic E-state index is 5.28. The molecule has 1 aliphatic heterocycles. The van der Waals surface area contributed by atoms with Crippen LogP contribution in [0.2, 0.25) is 0 Å². The number of benzene rings is 2. The molecule has 0 radical (unpaired) electrons. The van der Waals surface area contributed by atoms with Crippen LogP contribution in [0.4, 0.5) is 5.69 Å². The fraction of sp³-hybridized carbons (Fsp3) is 0.435. The lowest BCUT2D eigenvalue weighted by atomic mass is 10.0. The van der Waals surface area contributed by atoms with Crippen LogP contribution in [-0.2, 0) is 6.54 Å². The zero-order chi connectivity index (χ0) is 20.9. The smallest absolute Gasteiger partial charge is 0.169 e. The van der Waals surface area contributed by atoms with Gasteiger partial charge in [0.25, 0.3) is 0 Å². The van der Waals surface area contributed by atoms with E-state index in [0.717, 1.165) is 37.8 Å². The first kappa shape index (κ1) is 20.3. The molecule has 7 heteroatoms. The molecule has 0 bridgehead atoms. The minimum absolute atomic E-state index is 0.196. The first-order valence-corrected chi connectivity index (χ1v) is 10.6. The average Bonchev–Trinajstić information content (AvgIpc) is 3.22. The summed E-state index contributed by atoms with van der Waals surface area (Å²) in [6, 6.07) is 18.9. The monoisotopic (exact) mass is 406 g/mol. The molecule has 0 amide bonds. The Labute approximate surface area is 178 Å². The summed E-state index contributed by atoms with van der Waals surface area (Å²) in [6.07, 6.45) is 0. The molecule has 1 aliphatic rings. The molecule has 0 aliphatic carbocycles. The van der Waals surface area contributed by atoms with Gasteiger partial charge in [0.1, 0.15) is 5.75 Å². The summed E-state index contributed by atoms with van der Waals surface area (Å²) in [5.74, 6) is 2.26. The van der Waals surface area contributed by atoms with Crippen LogP contribution in [0.3, 0.4) is 0 Å². The van der Waals surface area contributed by atoms with Crippen LogP contribution < -0.4 is 9.64 Å². The van der Waals surface area contributed by atoms with Gasteiger partial charge in [-0.05, 0) is 46.2 Å². The van der Waals surface area contributed by atoms with Crippen molar-refractivity contribution < 1.29 is 4.74 Å². The lowest BCUT2D eigenvalue weighted by molar-refractivity contribution is 0.135. The molecule has 3 aromatic rings. The number of methoxy groups -OCH3 is 1. The number of hydrogen-bond donors (Lipinski definition) is 0. The fourth-order valence-corrected chi connectivity index (χ4v) is 4.23. The second-order valence-corrected chi connectivity index (χ2v) is 8.09. The molecular weight excluding hydrogens is 376 g/mol. The van der Waals surface area contributed by atoms with Crippen molar-refractivity contribution in [1.82, 2.24) is 25.1 Å². The highest BCUT2D eigenvalue weighted by atomic mass is 16.5. The minimum atomic E-state index is 0.196. The SMILES string of the molecule is COc1ccc(N2CCN([C@@H](c3nnnn3Cc3ccccc3)C(C)C)CC2)cc1. The zero-order valence-electron chi connectivity index (χ0n) is 18.0. The number of rotatable bonds is 7. The third-order valence-electron chi connectivity index (χ3n) is 5.78. The Hall–Kier alpha value is -2.93. The first-order valence-electron chi connectivity index (χ1n) is 10.6. The Kier molecular flexibility index (Phi) is 6.28. The molecule has 0 spiro atoms. The fourth-order valence-electron chi connectivity index (χ4n) is 4.23. The van der Waals surface area contributed by atoms with E-state index in [1.807, 2.05) is 22.9 Å². The lowest BCUT2D eigenvalue weighted by Gasteiger charge is -2.41. The first-order chi connectivity index (χ1) is 14.7. The second kappa shape index (κ2) is 9.26. The average molecular weight is 407 g/mol. The maximum Gasteiger partial charge on any atom is 0.169 e. The summed E-state index contributed by atoms with van der Waals surface area (Å²) in [5, 5.41) is 12.7. The van der Waals surface area contributed by atoms with Crippen LogP contribution in [0.1, 0.15) is 31.3 Å². The van der Waals surface area contributed by atoms with Crippen LogP contribution in [0, 0.1) is 5.92 Å². The van der Waals surface area contributed by atoms with E-state index in [9.17, 15) is 0 Å². The summed E-state index contributed by atoms with van der Waals surface area (Å²) in [4.78, 5) is 4.96. The molecular formula is C23H30N6O. The van der Waals surface area contributed by atoms with Gasteiger partial charge in [-0.1, -0.05) is 44.2 Å². The maximum atomic E-state index is 5.28. The van der Waals surface area contributed by atoms with Crippen molar-refractivity contribution in [3.8, 4) is 5.75 Å². The van der Waals surface area contributed by atoms with Gasteiger partial charge in [-0.2, -0.15) is 0 Å². The summed E-state index contributed by atoms with van der Waals surface area (Å²) < 4.78 is 7.23. The van der Waals surface area contributed by atoms with Crippen LogP contribution >= 0.6 is 0 Å². The quantitative estimate of drug-likeness (QED) is 0.600. The summed E-state index contributed by atoms with van der Waals surface area (Å²) >= 11 is 0. The summed E-state index contributed by atoms with van der Waals surface area (Å²) in [6.45, 7) is 9.12. The predicted molar refractivity (Wildman–Crippen MR) is 118 cm³/mol. The topological polar surface area (TPSA) is 59.3 Å². The van der Waals surface area contributed by atoms with Gasteiger partial charge >= 0.3 is 0 Å². The Balaban J connectivity index is 1.46. The highest BCUT2D eigenvalue weighted by molar-refractivity contribution is 5.49. The molecule has 0 saturated carbocycles. The third kappa shape index (κ3) is 4.46. The third-order valence-corrected chi connectivity index (χ3v) is 5.78. The van der Waals surface area contributed by atoms with Crippen molar-refractivity contribution in [2.24, 2.45) is 5.92 Å². The van der Waals surface area contributed by atoms with Crippen LogP contribution in [-0.4, -0.2) is 58.4 Å². The van der Waals surface area contributed by atoms with Gasteiger partial charge in [0.15, 0.2) is 5.82 Å². The number of hydrogen-bond acceptors (Lipinski definition) is 6. The molecule has 1 atom stereocenters. The molecule has 158 valence electrons. The highest BCUT2D eigenvalue weighted by Crippen LogP contribution is 2.29. The van der Waals surface area contributed by atoms with Crippen molar-refractivity contribution in [2.75, 3.05) is 38.2 Å². The van der Waals surface area contributed by atoms with Crippen molar-refractivity contribution in [3.63, 3.8) is 0 Å². The number of anilines is 1. The van der Waals surface area contributed by atoms with E-state index in [-0.39, 0.29) is 6.04 Å². The van der Waals surface area contributed by atoms with Crippen molar-refractivity contribution in [1.29, 1.82) is 0 Å². The molecule has 2 heterocycles. The number of piperazine rings is 1. The van der Waals surface area contributed by atoms with E-state index in [0.29, 0.717) is 12.5 Å². The number of tetrazole rings is 1. The molecule has 7 nitrogen and oxygen atoms in total. The highest BCUT2D eigenvalue weighted by Gasteiger charge is 2.31. The summed E-state index contributed by atoms with van der Waals surface area (Å²) in [5.41, 5.74) is 2.45. The predicted octanol–water partition coefficient (Wildman–Crippen LogP) is 3.25. The van der Waals surface area contributed by atoms with Gasteiger partial charge < -0.3 is 9.64 Å². The molecule has 0 unspecified atom stereocenters. The van der Waals surface area contributed by atoms with E-state index < -0.39 is 0 Å². The van der Waals surface area contributed by atoms with Crippen LogP contribution in [0.5, 0.6) is 5.75 Å². The zero-order valence-corrected chi connectivity index (χ0v) is 18.0. The van der Waals surface area contributed by atoms with E-state index in [1.165, 1.54) is 11.3 Å². The molecule has 1 fully saturated rings. The number of ether oxygens (including phenoxy) is 1. The van der Waals surface area contributed by atoms with Crippen molar-refractivity contribution >= 4 is 5.69 Å². The molecule has 2 aromatic carbocycles. The number of nitrogens with zero attached hydrogens (tertiary/aromatic N) is 6. The van der Waals surface area contributed by atoms with Crippen LogP contribution in [0.25, 0.3) is 0 Å². The molecule has 30 heavy (non-hydrogen) atoms. The van der Waals surface area contributed by atoms with Gasteiger partial charge in [0.2, 0.25) is 0 Å². The van der Waals surface area contributed by atoms with Crippen LogP contribution in [0.15, 0.2) is 54.6 Å². The van der Waals surface area contributed by atoms with E-state index in [4.69, 9.17) is 4.74 Å². The number of aromatic nitrogens is 4. The summed E-state index contributed by atoms with van der Waals surface area (Å²) in [7, 11) is 1.70. The van der Waals surface area contributed by atoms with E-state index >= 15 is 0 Å². The van der Waals surface area contributed by atoms with E-state index in [2.05, 4.69) is 75.6 Å².